The van der Waals surface area contributed by atoms with Crippen molar-refractivity contribution in [3.63, 3.8) is 0 Å². The number of aromatic nitrogens is 3. The highest BCUT2D eigenvalue weighted by atomic mass is 28.4. The van der Waals surface area contributed by atoms with Gasteiger partial charge >= 0.3 is 0 Å². The lowest BCUT2D eigenvalue weighted by Crippen LogP contribution is -2.43. The molecule has 1 amide bonds. The molecule has 2 aromatic rings. The summed E-state index contributed by atoms with van der Waals surface area (Å²) >= 11 is 0. The molecule has 31 heavy (non-hydrogen) atoms. The lowest BCUT2D eigenvalue weighted by Gasteiger charge is -2.32. The van der Waals surface area contributed by atoms with Gasteiger partial charge in [-0.1, -0.05) is 12.1 Å². The van der Waals surface area contributed by atoms with Gasteiger partial charge in [-0.05, 0) is 37.7 Å². The number of nitrogens with one attached hydrogen (secondary N) is 1. The Morgan fingerprint density at radius 1 is 1.39 bits per heavy atom. The van der Waals surface area contributed by atoms with Crippen molar-refractivity contribution in [3.05, 3.63) is 35.7 Å². The Hall–Kier alpha value is -2.27. The van der Waals surface area contributed by atoms with Crippen LogP contribution in [0.2, 0.25) is 18.6 Å². The van der Waals surface area contributed by atoms with Crippen LogP contribution in [-0.4, -0.2) is 58.9 Å². The summed E-state index contributed by atoms with van der Waals surface area (Å²) in [5.41, 5.74) is 0.914. The number of carbonyl (C=O) groups excluding carboxylic acids is 1. The standard InChI is InChI=1S/C21H30N4O5Si/c1-13-19(31(3,4)28)18(7-9-25-12-14(8-10-26)23-24-25)30-21(13)16-11-15(29-2)5-6-17(16)22-20(21)27/h5-6,11-13,18-19,26,28H,7-10H2,1-4H3,(H,22,27)/t13-,18+,19-,21+/m1/s1. The largest absolute Gasteiger partial charge is 0.497 e. The number of carbonyl (C=O) groups is 1. The van der Waals surface area contributed by atoms with Crippen molar-refractivity contribution in [1.29, 1.82) is 0 Å². The fourth-order valence-corrected chi connectivity index (χ4v) is 7.81. The van der Waals surface area contributed by atoms with E-state index in [1.807, 2.05) is 44.4 Å². The summed E-state index contributed by atoms with van der Waals surface area (Å²) in [6.45, 7) is 6.36. The van der Waals surface area contributed by atoms with Gasteiger partial charge in [-0.3, -0.25) is 9.48 Å². The molecule has 10 heteroatoms. The Morgan fingerprint density at radius 2 is 2.16 bits per heavy atom. The molecule has 3 heterocycles. The van der Waals surface area contributed by atoms with E-state index in [0.29, 0.717) is 25.1 Å². The quantitative estimate of drug-likeness (QED) is 0.554. The highest BCUT2D eigenvalue weighted by Gasteiger charge is 2.64. The summed E-state index contributed by atoms with van der Waals surface area (Å²) in [6.07, 6.45) is 2.54. The number of amides is 1. The van der Waals surface area contributed by atoms with Gasteiger partial charge in [0.1, 0.15) is 5.75 Å². The average molecular weight is 447 g/mol. The van der Waals surface area contributed by atoms with E-state index in [1.54, 1.807) is 11.8 Å². The van der Waals surface area contributed by atoms with Crippen LogP contribution < -0.4 is 10.1 Å². The first-order chi connectivity index (χ1) is 14.7. The maximum absolute atomic E-state index is 13.2. The first-order valence-electron chi connectivity index (χ1n) is 10.6. The van der Waals surface area contributed by atoms with Gasteiger partial charge in [0.05, 0.1) is 18.9 Å². The molecule has 1 aromatic carbocycles. The van der Waals surface area contributed by atoms with Crippen LogP contribution in [0.1, 0.15) is 24.6 Å². The molecule has 9 nitrogen and oxygen atoms in total. The number of hydrogen-bond acceptors (Lipinski definition) is 7. The van der Waals surface area contributed by atoms with Gasteiger partial charge in [-0.2, -0.15) is 0 Å². The normalized spacial score (nSPS) is 27.5. The van der Waals surface area contributed by atoms with Crippen LogP contribution in [0.3, 0.4) is 0 Å². The second kappa shape index (κ2) is 8.01. The van der Waals surface area contributed by atoms with Crippen molar-refractivity contribution in [2.24, 2.45) is 5.92 Å². The summed E-state index contributed by atoms with van der Waals surface area (Å²) in [5.74, 6) is 0.253. The molecule has 4 atom stereocenters. The third-order valence-corrected chi connectivity index (χ3v) is 9.05. The number of rotatable bonds is 7. The van der Waals surface area contributed by atoms with Crippen LogP contribution in [0.25, 0.3) is 0 Å². The maximum Gasteiger partial charge on any atom is 0.261 e. The van der Waals surface area contributed by atoms with E-state index in [4.69, 9.17) is 14.6 Å². The van der Waals surface area contributed by atoms with Crippen molar-refractivity contribution in [3.8, 4) is 5.75 Å². The lowest BCUT2D eigenvalue weighted by atomic mass is 9.82. The molecule has 0 radical (unpaired) electrons. The molecule has 4 rings (SSSR count). The van der Waals surface area contributed by atoms with Gasteiger partial charge in [0.25, 0.3) is 5.91 Å². The summed E-state index contributed by atoms with van der Waals surface area (Å²) in [7, 11) is -1.08. The molecule has 1 saturated heterocycles. The smallest absolute Gasteiger partial charge is 0.261 e. The molecule has 0 saturated carbocycles. The SMILES string of the molecule is COc1ccc2c(c1)[C@]1(O[C@@H](CCn3cc(CCO)nn3)[C@H]([Si](C)(C)O)[C@H]1C)C(=O)N2. The fraction of sp³-hybridized carbons (Fsp3) is 0.571. The molecule has 168 valence electrons. The van der Waals surface area contributed by atoms with Crippen molar-refractivity contribution < 1.29 is 24.2 Å². The van der Waals surface area contributed by atoms with E-state index >= 15 is 0 Å². The van der Waals surface area contributed by atoms with E-state index in [-0.39, 0.29) is 30.1 Å². The van der Waals surface area contributed by atoms with Crippen molar-refractivity contribution in [2.75, 3.05) is 19.0 Å². The number of ether oxygens (including phenoxy) is 2. The third kappa shape index (κ3) is 3.67. The number of nitrogens with zero attached hydrogens (tertiary/aromatic N) is 3. The first-order valence-corrected chi connectivity index (χ1v) is 13.6. The van der Waals surface area contributed by atoms with Gasteiger partial charge in [0.2, 0.25) is 0 Å². The van der Waals surface area contributed by atoms with Gasteiger partial charge in [0.15, 0.2) is 13.9 Å². The predicted octanol–water partition coefficient (Wildman–Crippen LogP) is 1.66. The zero-order chi connectivity index (χ0) is 22.4. The minimum atomic E-state index is -2.68. The first kappa shape index (κ1) is 21.9. The fourth-order valence-electron chi connectivity index (χ4n) is 5.21. The van der Waals surface area contributed by atoms with Gasteiger partial charge < -0.3 is 24.7 Å². The van der Waals surface area contributed by atoms with E-state index in [0.717, 1.165) is 16.9 Å². The Balaban J connectivity index is 1.65. The highest BCUT2D eigenvalue weighted by molar-refractivity contribution is 6.71. The second-order valence-electron chi connectivity index (χ2n) is 8.96. The second-order valence-corrected chi connectivity index (χ2v) is 12.9. The number of fused-ring (bicyclic) bond motifs is 2. The molecule has 0 aliphatic carbocycles. The van der Waals surface area contributed by atoms with Gasteiger partial charge in [-0.25, -0.2) is 0 Å². The topological polar surface area (TPSA) is 119 Å². The van der Waals surface area contributed by atoms with Crippen LogP contribution in [-0.2, 0) is 28.1 Å². The Labute approximate surface area is 182 Å². The highest BCUT2D eigenvalue weighted by Crippen LogP contribution is 2.58. The van der Waals surface area contributed by atoms with Crippen LogP contribution in [0.15, 0.2) is 24.4 Å². The zero-order valence-corrected chi connectivity index (χ0v) is 19.3. The van der Waals surface area contributed by atoms with E-state index < -0.39 is 13.9 Å². The zero-order valence-electron chi connectivity index (χ0n) is 18.3. The average Bonchev–Trinajstić information content (AvgIpc) is 3.36. The molecular formula is C21H30N4O5Si. The minimum Gasteiger partial charge on any atom is -0.497 e. The molecule has 1 spiro atoms. The molecular weight excluding hydrogens is 416 g/mol. The number of anilines is 1. The van der Waals surface area contributed by atoms with Gasteiger partial charge in [-0.15, -0.1) is 5.10 Å². The number of benzene rings is 1. The summed E-state index contributed by atoms with van der Waals surface area (Å²) in [4.78, 5) is 24.4. The van der Waals surface area contributed by atoms with Crippen molar-refractivity contribution in [1.82, 2.24) is 15.0 Å². The van der Waals surface area contributed by atoms with E-state index in [9.17, 15) is 9.59 Å². The molecule has 2 aliphatic rings. The van der Waals surface area contributed by atoms with Crippen LogP contribution >= 0.6 is 0 Å². The van der Waals surface area contributed by atoms with Crippen molar-refractivity contribution in [2.45, 2.75) is 56.7 Å². The Morgan fingerprint density at radius 3 is 2.84 bits per heavy atom. The molecule has 1 aromatic heterocycles. The van der Waals surface area contributed by atoms with Crippen LogP contribution in [0.4, 0.5) is 5.69 Å². The number of aryl methyl sites for hydroxylation is 1. The number of aliphatic hydroxyl groups is 1. The predicted molar refractivity (Wildman–Crippen MR) is 116 cm³/mol. The van der Waals surface area contributed by atoms with E-state index in [2.05, 4.69) is 15.6 Å². The van der Waals surface area contributed by atoms with Crippen LogP contribution in [0.5, 0.6) is 5.75 Å². The molecule has 1 fully saturated rings. The molecule has 0 bridgehead atoms. The number of methoxy groups -OCH3 is 1. The monoisotopic (exact) mass is 446 g/mol. The number of hydrogen-bond donors (Lipinski definition) is 3. The third-order valence-electron chi connectivity index (χ3n) is 6.54. The van der Waals surface area contributed by atoms with E-state index in [1.165, 1.54) is 0 Å². The minimum absolute atomic E-state index is 0.0226. The van der Waals surface area contributed by atoms with Gasteiger partial charge in [0, 0.05) is 48.5 Å². The van der Waals surface area contributed by atoms with Crippen molar-refractivity contribution >= 4 is 19.9 Å². The Kier molecular flexibility index (Phi) is 5.67. The molecule has 0 unspecified atom stereocenters. The molecule has 2 aliphatic heterocycles. The summed E-state index contributed by atoms with van der Waals surface area (Å²) in [5, 5.41) is 20.2. The lowest BCUT2D eigenvalue weighted by molar-refractivity contribution is -0.143. The summed E-state index contributed by atoms with van der Waals surface area (Å²) in [6, 6.07) is 5.50. The number of aliphatic hydroxyl groups excluding tert-OH is 1. The van der Waals surface area contributed by atoms with Crippen LogP contribution in [0, 0.1) is 5.92 Å². The summed E-state index contributed by atoms with van der Waals surface area (Å²) < 4.78 is 13.7. The maximum atomic E-state index is 13.2. The Bertz CT molecular complexity index is 975. The molecule has 3 N–H and O–H groups in total.